The SMILES string of the molecule is CC(Cc1ccc2sccc2c1)N(C)C(=O)OC(C)(C)C. The van der Waals surface area contributed by atoms with E-state index in [0.717, 1.165) is 6.42 Å². The number of ether oxygens (including phenoxy) is 1. The van der Waals surface area contributed by atoms with E-state index in [2.05, 4.69) is 29.6 Å². The zero-order chi connectivity index (χ0) is 15.6. The van der Waals surface area contributed by atoms with Gasteiger partial charge in [0, 0.05) is 17.8 Å². The molecule has 0 aliphatic heterocycles. The standard InChI is InChI=1S/C17H23NO2S/c1-12(18(5)16(19)20-17(2,3)4)10-13-6-7-15-14(11-13)8-9-21-15/h6-9,11-12H,10H2,1-5H3. The minimum absolute atomic E-state index is 0.0935. The van der Waals surface area contributed by atoms with Gasteiger partial charge in [0.1, 0.15) is 5.60 Å². The molecule has 1 unspecified atom stereocenters. The molecular weight excluding hydrogens is 282 g/mol. The van der Waals surface area contributed by atoms with Crippen molar-refractivity contribution >= 4 is 27.5 Å². The number of amides is 1. The zero-order valence-corrected chi connectivity index (χ0v) is 14.2. The number of thiophene rings is 1. The molecule has 0 spiro atoms. The maximum atomic E-state index is 12.1. The number of carbonyl (C=O) groups excluding carboxylic acids is 1. The molecule has 3 nitrogen and oxygen atoms in total. The number of fused-ring (bicyclic) bond motifs is 1. The summed E-state index contributed by atoms with van der Waals surface area (Å²) in [6.45, 7) is 7.69. The normalized spacial score (nSPS) is 13.2. The molecular formula is C17H23NO2S. The summed E-state index contributed by atoms with van der Waals surface area (Å²) < 4.78 is 6.70. The minimum atomic E-state index is -0.458. The van der Waals surface area contributed by atoms with Crippen LogP contribution in [0.1, 0.15) is 33.3 Å². The molecule has 0 saturated carbocycles. The molecule has 0 saturated heterocycles. The van der Waals surface area contributed by atoms with Crippen LogP contribution >= 0.6 is 11.3 Å². The monoisotopic (exact) mass is 305 g/mol. The highest BCUT2D eigenvalue weighted by Gasteiger charge is 2.23. The van der Waals surface area contributed by atoms with Crippen molar-refractivity contribution in [1.29, 1.82) is 0 Å². The molecule has 0 aliphatic rings. The van der Waals surface area contributed by atoms with Crippen LogP contribution in [0.25, 0.3) is 10.1 Å². The Morgan fingerprint density at radius 1 is 1.33 bits per heavy atom. The molecule has 0 N–H and O–H groups in total. The Bertz CT molecular complexity index is 627. The number of hydrogen-bond acceptors (Lipinski definition) is 3. The van der Waals surface area contributed by atoms with Crippen molar-refractivity contribution in [3.8, 4) is 0 Å². The molecule has 2 rings (SSSR count). The van der Waals surface area contributed by atoms with Gasteiger partial charge in [0.2, 0.25) is 0 Å². The highest BCUT2D eigenvalue weighted by atomic mass is 32.1. The smallest absolute Gasteiger partial charge is 0.410 e. The maximum Gasteiger partial charge on any atom is 0.410 e. The lowest BCUT2D eigenvalue weighted by Crippen LogP contribution is -2.40. The van der Waals surface area contributed by atoms with E-state index in [1.54, 1.807) is 23.3 Å². The molecule has 1 aromatic heterocycles. The fraction of sp³-hybridized carbons (Fsp3) is 0.471. The van der Waals surface area contributed by atoms with Crippen LogP contribution in [0, 0.1) is 0 Å². The molecule has 1 heterocycles. The molecule has 1 amide bonds. The molecule has 2 aromatic rings. The van der Waals surface area contributed by atoms with Gasteiger partial charge in [0.15, 0.2) is 0 Å². The van der Waals surface area contributed by atoms with Gasteiger partial charge in [-0.1, -0.05) is 12.1 Å². The first kappa shape index (κ1) is 15.8. The van der Waals surface area contributed by atoms with E-state index in [-0.39, 0.29) is 12.1 Å². The third-order valence-electron chi connectivity index (χ3n) is 3.39. The zero-order valence-electron chi connectivity index (χ0n) is 13.3. The van der Waals surface area contributed by atoms with Gasteiger partial charge in [-0.05, 0) is 62.6 Å². The summed E-state index contributed by atoms with van der Waals surface area (Å²) in [6, 6.07) is 8.71. The van der Waals surface area contributed by atoms with Gasteiger partial charge < -0.3 is 9.64 Å². The minimum Gasteiger partial charge on any atom is -0.444 e. The molecule has 0 aliphatic carbocycles. The summed E-state index contributed by atoms with van der Waals surface area (Å²) in [5.41, 5.74) is 0.782. The Balaban J connectivity index is 2.02. The van der Waals surface area contributed by atoms with Gasteiger partial charge in [-0.25, -0.2) is 4.79 Å². The third-order valence-corrected chi connectivity index (χ3v) is 4.29. The number of hydrogen-bond donors (Lipinski definition) is 0. The lowest BCUT2D eigenvalue weighted by molar-refractivity contribution is 0.0236. The predicted molar refractivity (Wildman–Crippen MR) is 89.0 cm³/mol. The fourth-order valence-corrected chi connectivity index (χ4v) is 2.91. The van der Waals surface area contributed by atoms with E-state index in [1.807, 2.05) is 27.7 Å². The van der Waals surface area contributed by atoms with Crippen molar-refractivity contribution in [1.82, 2.24) is 4.90 Å². The van der Waals surface area contributed by atoms with Gasteiger partial charge in [-0.3, -0.25) is 0 Å². The molecule has 4 heteroatoms. The Morgan fingerprint density at radius 3 is 2.71 bits per heavy atom. The van der Waals surface area contributed by atoms with Crippen molar-refractivity contribution in [3.63, 3.8) is 0 Å². The Kier molecular flexibility index (Phi) is 4.57. The van der Waals surface area contributed by atoms with Crippen LogP contribution in [0.4, 0.5) is 4.79 Å². The van der Waals surface area contributed by atoms with Crippen LogP contribution in [0.5, 0.6) is 0 Å². The van der Waals surface area contributed by atoms with Crippen molar-refractivity contribution in [2.45, 2.75) is 45.8 Å². The van der Waals surface area contributed by atoms with Crippen LogP contribution in [-0.2, 0) is 11.2 Å². The Hall–Kier alpha value is -1.55. The second kappa shape index (κ2) is 6.06. The van der Waals surface area contributed by atoms with E-state index in [9.17, 15) is 4.79 Å². The number of benzene rings is 1. The summed E-state index contributed by atoms with van der Waals surface area (Å²) in [5, 5.41) is 3.37. The van der Waals surface area contributed by atoms with Crippen LogP contribution < -0.4 is 0 Å². The first-order valence-electron chi connectivity index (χ1n) is 7.18. The van der Waals surface area contributed by atoms with Crippen molar-refractivity contribution in [3.05, 3.63) is 35.2 Å². The van der Waals surface area contributed by atoms with Gasteiger partial charge in [0.25, 0.3) is 0 Å². The first-order valence-corrected chi connectivity index (χ1v) is 8.06. The van der Waals surface area contributed by atoms with Gasteiger partial charge in [0.05, 0.1) is 0 Å². The molecule has 1 atom stereocenters. The predicted octanol–water partition coefficient (Wildman–Crippen LogP) is 4.70. The second-order valence-corrected chi connectivity index (χ2v) is 7.38. The number of rotatable bonds is 3. The van der Waals surface area contributed by atoms with Crippen LogP contribution in [0.2, 0.25) is 0 Å². The number of nitrogens with zero attached hydrogens (tertiary/aromatic N) is 1. The summed E-state index contributed by atoms with van der Waals surface area (Å²) in [7, 11) is 1.79. The van der Waals surface area contributed by atoms with Gasteiger partial charge >= 0.3 is 6.09 Å². The molecule has 1 aromatic carbocycles. The Morgan fingerprint density at radius 2 is 2.05 bits per heavy atom. The molecule has 0 fully saturated rings. The molecule has 21 heavy (non-hydrogen) atoms. The summed E-state index contributed by atoms with van der Waals surface area (Å²) in [6.07, 6.45) is 0.549. The van der Waals surface area contributed by atoms with E-state index >= 15 is 0 Å². The first-order chi connectivity index (χ1) is 9.76. The summed E-state index contributed by atoms with van der Waals surface area (Å²) >= 11 is 1.75. The van der Waals surface area contributed by atoms with Gasteiger partial charge in [-0.2, -0.15) is 0 Å². The van der Waals surface area contributed by atoms with Crippen molar-refractivity contribution in [2.24, 2.45) is 0 Å². The van der Waals surface area contributed by atoms with E-state index in [0.29, 0.717) is 0 Å². The second-order valence-electron chi connectivity index (χ2n) is 6.44. The van der Waals surface area contributed by atoms with Crippen molar-refractivity contribution in [2.75, 3.05) is 7.05 Å². The average Bonchev–Trinajstić information content (AvgIpc) is 2.83. The third kappa shape index (κ3) is 4.21. The average molecular weight is 305 g/mol. The topological polar surface area (TPSA) is 29.5 Å². The summed E-state index contributed by atoms with van der Waals surface area (Å²) in [5.74, 6) is 0. The summed E-state index contributed by atoms with van der Waals surface area (Å²) in [4.78, 5) is 13.7. The lowest BCUT2D eigenvalue weighted by Gasteiger charge is -2.28. The number of carbonyl (C=O) groups is 1. The molecule has 0 radical (unpaired) electrons. The van der Waals surface area contributed by atoms with Crippen LogP contribution in [0.3, 0.4) is 0 Å². The van der Waals surface area contributed by atoms with Crippen LogP contribution in [-0.4, -0.2) is 29.7 Å². The van der Waals surface area contributed by atoms with E-state index < -0.39 is 5.60 Å². The number of likely N-dealkylation sites (N-methyl/N-ethyl adjacent to an activating group) is 1. The van der Waals surface area contributed by atoms with E-state index in [1.165, 1.54) is 15.6 Å². The maximum absolute atomic E-state index is 12.1. The lowest BCUT2D eigenvalue weighted by atomic mass is 10.1. The quantitative estimate of drug-likeness (QED) is 0.822. The van der Waals surface area contributed by atoms with Crippen LogP contribution in [0.15, 0.2) is 29.6 Å². The Labute approximate surface area is 130 Å². The fourth-order valence-electron chi connectivity index (χ4n) is 2.14. The highest BCUT2D eigenvalue weighted by molar-refractivity contribution is 7.17. The molecule has 0 bridgehead atoms. The molecule has 114 valence electrons. The van der Waals surface area contributed by atoms with E-state index in [4.69, 9.17) is 4.74 Å². The van der Waals surface area contributed by atoms with Gasteiger partial charge in [-0.15, -0.1) is 11.3 Å². The largest absolute Gasteiger partial charge is 0.444 e. The highest BCUT2D eigenvalue weighted by Crippen LogP contribution is 2.23. The van der Waals surface area contributed by atoms with Crippen molar-refractivity contribution < 1.29 is 9.53 Å².